The molecule has 0 radical (unpaired) electrons. The molecule has 1 heterocycles. The number of rotatable bonds is 4. The Balaban J connectivity index is 1.76. The summed E-state index contributed by atoms with van der Waals surface area (Å²) in [7, 11) is 0. The van der Waals surface area contributed by atoms with Gasteiger partial charge in [-0.2, -0.15) is 0 Å². The molecule has 0 spiro atoms. The average Bonchev–Trinajstić information content (AvgIpc) is 2.83. The minimum absolute atomic E-state index is 0.0385. The normalized spacial score (nSPS) is 23.9. The van der Waals surface area contributed by atoms with Gasteiger partial charge < -0.3 is 11.1 Å². The first-order valence-corrected chi connectivity index (χ1v) is 7.25. The van der Waals surface area contributed by atoms with Crippen molar-refractivity contribution in [3.63, 3.8) is 0 Å². The van der Waals surface area contributed by atoms with E-state index in [9.17, 15) is 4.79 Å². The second-order valence-corrected chi connectivity index (χ2v) is 5.77. The Morgan fingerprint density at radius 2 is 2.06 bits per heavy atom. The van der Waals surface area contributed by atoms with E-state index < -0.39 is 0 Å². The summed E-state index contributed by atoms with van der Waals surface area (Å²) in [5.41, 5.74) is 6.38. The molecule has 3 N–H and O–H groups in total. The van der Waals surface area contributed by atoms with Crippen LogP contribution in [0.15, 0.2) is 0 Å². The molecule has 0 unspecified atom stereocenters. The highest BCUT2D eigenvalue weighted by molar-refractivity contribution is 7.07. The van der Waals surface area contributed by atoms with Crippen molar-refractivity contribution < 1.29 is 4.79 Å². The van der Waals surface area contributed by atoms with Gasteiger partial charge >= 0.3 is 0 Å². The number of aromatic nitrogens is 2. The Kier molecular flexibility index (Phi) is 4.66. The maximum Gasteiger partial charge on any atom is 0.264 e. The Bertz CT molecular complexity index is 399. The first-order chi connectivity index (χ1) is 8.70. The molecule has 6 heteroatoms. The topological polar surface area (TPSA) is 80.9 Å². The summed E-state index contributed by atoms with van der Waals surface area (Å²) < 4.78 is 3.78. The van der Waals surface area contributed by atoms with Crippen molar-refractivity contribution in [2.24, 2.45) is 17.6 Å². The van der Waals surface area contributed by atoms with Gasteiger partial charge in [-0.15, -0.1) is 5.10 Å². The Morgan fingerprint density at radius 1 is 1.39 bits per heavy atom. The molecular formula is C12H20N4OS. The van der Waals surface area contributed by atoms with Gasteiger partial charge in [0.2, 0.25) is 0 Å². The number of carbonyl (C=O) groups is 1. The quantitative estimate of drug-likeness (QED) is 0.863. The van der Waals surface area contributed by atoms with Crippen molar-refractivity contribution in [1.82, 2.24) is 14.9 Å². The molecule has 18 heavy (non-hydrogen) atoms. The van der Waals surface area contributed by atoms with Gasteiger partial charge in [-0.3, -0.25) is 4.79 Å². The van der Waals surface area contributed by atoms with Gasteiger partial charge in [0.15, 0.2) is 0 Å². The van der Waals surface area contributed by atoms with Crippen molar-refractivity contribution in [2.75, 3.05) is 13.1 Å². The van der Waals surface area contributed by atoms with Crippen molar-refractivity contribution >= 4 is 17.4 Å². The van der Waals surface area contributed by atoms with Crippen LogP contribution in [0.5, 0.6) is 0 Å². The monoisotopic (exact) mass is 268 g/mol. The van der Waals surface area contributed by atoms with Crippen molar-refractivity contribution in [1.29, 1.82) is 0 Å². The second kappa shape index (κ2) is 6.24. The summed E-state index contributed by atoms with van der Waals surface area (Å²) in [4.78, 5) is 12.5. The molecule has 0 atom stereocenters. The smallest absolute Gasteiger partial charge is 0.264 e. The lowest BCUT2D eigenvalue weighted by Crippen LogP contribution is -2.32. The summed E-state index contributed by atoms with van der Waals surface area (Å²) in [6, 6.07) is 0. The van der Waals surface area contributed by atoms with Crippen molar-refractivity contribution in [3.8, 4) is 0 Å². The Morgan fingerprint density at radius 3 is 2.61 bits per heavy atom. The Hall–Kier alpha value is -1.01. The van der Waals surface area contributed by atoms with Crippen molar-refractivity contribution in [3.05, 3.63) is 10.6 Å². The molecule has 5 nitrogen and oxygen atoms in total. The lowest BCUT2D eigenvalue weighted by Gasteiger charge is -2.27. The van der Waals surface area contributed by atoms with E-state index in [4.69, 9.17) is 5.73 Å². The van der Waals surface area contributed by atoms with Gasteiger partial charge in [0.05, 0.1) is 5.69 Å². The van der Waals surface area contributed by atoms with Crippen LogP contribution in [0.4, 0.5) is 0 Å². The van der Waals surface area contributed by atoms with Gasteiger partial charge in [-0.05, 0) is 62.5 Å². The SMILES string of the molecule is Cc1nnsc1C(=O)NCC1CCC(CN)CC1. The molecule has 1 aromatic heterocycles. The number of nitrogens with two attached hydrogens (primary N) is 1. The number of hydrogen-bond donors (Lipinski definition) is 2. The van der Waals surface area contributed by atoms with Gasteiger partial charge in [0.1, 0.15) is 4.88 Å². The van der Waals surface area contributed by atoms with Crippen LogP contribution in [0.2, 0.25) is 0 Å². The molecule has 1 fully saturated rings. The maximum absolute atomic E-state index is 11.9. The molecule has 0 aromatic carbocycles. The molecular weight excluding hydrogens is 248 g/mol. The number of nitrogens with zero attached hydrogens (tertiary/aromatic N) is 2. The van der Waals surface area contributed by atoms with Gasteiger partial charge in [-0.25, -0.2) is 0 Å². The minimum Gasteiger partial charge on any atom is -0.351 e. The van der Waals surface area contributed by atoms with E-state index in [1.54, 1.807) is 0 Å². The maximum atomic E-state index is 11.9. The number of aryl methyl sites for hydroxylation is 1. The summed E-state index contributed by atoms with van der Waals surface area (Å²) in [5, 5.41) is 6.84. The van der Waals surface area contributed by atoms with E-state index in [0.717, 1.165) is 24.6 Å². The molecule has 1 amide bonds. The number of carbonyl (C=O) groups excluding carboxylic acids is 1. The fourth-order valence-corrected chi connectivity index (χ4v) is 3.00. The molecule has 100 valence electrons. The Labute approximate surface area is 111 Å². The van der Waals surface area contributed by atoms with E-state index in [0.29, 0.717) is 22.4 Å². The summed E-state index contributed by atoms with van der Waals surface area (Å²) in [6.45, 7) is 3.36. The molecule has 0 aliphatic heterocycles. The van der Waals surface area contributed by atoms with Crippen LogP contribution in [-0.4, -0.2) is 28.6 Å². The first-order valence-electron chi connectivity index (χ1n) is 6.48. The third-order valence-electron chi connectivity index (χ3n) is 3.71. The van der Waals surface area contributed by atoms with Crippen LogP contribution >= 0.6 is 11.5 Å². The molecule has 1 saturated carbocycles. The van der Waals surface area contributed by atoms with Crippen LogP contribution in [-0.2, 0) is 0 Å². The van der Waals surface area contributed by atoms with Crippen LogP contribution < -0.4 is 11.1 Å². The largest absolute Gasteiger partial charge is 0.351 e. The van der Waals surface area contributed by atoms with Gasteiger partial charge in [0.25, 0.3) is 5.91 Å². The number of amides is 1. The highest BCUT2D eigenvalue weighted by Gasteiger charge is 2.21. The van der Waals surface area contributed by atoms with E-state index in [1.165, 1.54) is 25.7 Å². The third-order valence-corrected chi connectivity index (χ3v) is 4.54. The van der Waals surface area contributed by atoms with Crippen LogP contribution in [0.3, 0.4) is 0 Å². The number of hydrogen-bond acceptors (Lipinski definition) is 5. The molecule has 0 bridgehead atoms. The molecule has 1 aliphatic rings. The van der Waals surface area contributed by atoms with E-state index in [2.05, 4.69) is 14.9 Å². The second-order valence-electron chi connectivity index (χ2n) is 5.02. The minimum atomic E-state index is -0.0385. The van der Waals surface area contributed by atoms with Gasteiger partial charge in [0, 0.05) is 6.54 Å². The third kappa shape index (κ3) is 3.26. The molecule has 1 aromatic rings. The lowest BCUT2D eigenvalue weighted by molar-refractivity contribution is 0.0945. The standard InChI is InChI=1S/C12H20N4OS/c1-8-11(18-16-15-8)12(17)14-7-10-4-2-9(6-13)3-5-10/h9-10H,2-7,13H2,1H3,(H,14,17). The van der Waals surface area contributed by atoms with Crippen LogP contribution in [0.1, 0.15) is 41.0 Å². The average molecular weight is 268 g/mol. The molecule has 2 rings (SSSR count). The predicted molar refractivity (Wildman–Crippen MR) is 71.5 cm³/mol. The molecule has 0 saturated heterocycles. The van der Waals surface area contributed by atoms with Crippen LogP contribution in [0, 0.1) is 18.8 Å². The number of nitrogens with one attached hydrogen (secondary N) is 1. The zero-order valence-corrected chi connectivity index (χ0v) is 11.5. The predicted octanol–water partition coefficient (Wildman–Crippen LogP) is 1.34. The summed E-state index contributed by atoms with van der Waals surface area (Å²) in [5.74, 6) is 1.24. The van der Waals surface area contributed by atoms with E-state index in [1.807, 2.05) is 6.92 Å². The summed E-state index contributed by atoms with van der Waals surface area (Å²) in [6.07, 6.45) is 4.72. The highest BCUT2D eigenvalue weighted by Crippen LogP contribution is 2.27. The fourth-order valence-electron chi connectivity index (χ4n) is 2.43. The summed E-state index contributed by atoms with van der Waals surface area (Å²) >= 11 is 1.16. The highest BCUT2D eigenvalue weighted by atomic mass is 32.1. The zero-order valence-electron chi connectivity index (χ0n) is 10.7. The van der Waals surface area contributed by atoms with E-state index >= 15 is 0 Å². The van der Waals surface area contributed by atoms with Gasteiger partial charge in [-0.1, -0.05) is 4.49 Å². The fraction of sp³-hybridized carbons (Fsp3) is 0.750. The lowest BCUT2D eigenvalue weighted by atomic mass is 9.82. The first kappa shape index (κ1) is 13.4. The van der Waals surface area contributed by atoms with Crippen LogP contribution in [0.25, 0.3) is 0 Å². The molecule has 1 aliphatic carbocycles. The van der Waals surface area contributed by atoms with E-state index in [-0.39, 0.29) is 5.91 Å². The zero-order chi connectivity index (χ0) is 13.0. The van der Waals surface area contributed by atoms with Crippen molar-refractivity contribution in [2.45, 2.75) is 32.6 Å².